The number of fused-ring (bicyclic) bond motifs is 1. The number of methoxy groups -OCH3 is 1. The van der Waals surface area contributed by atoms with Gasteiger partial charge in [-0.2, -0.15) is 0 Å². The number of aliphatic hydroxyl groups excluding tert-OH is 2. The van der Waals surface area contributed by atoms with Crippen molar-refractivity contribution in [3.8, 4) is 16.9 Å². The van der Waals surface area contributed by atoms with E-state index in [1.807, 2.05) is 0 Å². The van der Waals surface area contributed by atoms with Gasteiger partial charge in [0.2, 0.25) is 0 Å². The molecule has 1 amide bonds. The molecule has 3 atom stereocenters. The number of nitrogens with one attached hydrogen (secondary N) is 1. The summed E-state index contributed by atoms with van der Waals surface area (Å²) in [4.78, 5) is 60.4. The molecule has 0 spiro atoms. The van der Waals surface area contributed by atoms with Crippen LogP contribution in [0, 0.1) is 17.8 Å². The monoisotopic (exact) mass is 561 g/mol. The molecule has 0 saturated carbocycles. The van der Waals surface area contributed by atoms with E-state index in [0.29, 0.717) is 35.2 Å². The van der Waals surface area contributed by atoms with Gasteiger partial charge < -0.3 is 30.8 Å². The van der Waals surface area contributed by atoms with Crippen LogP contribution in [0.4, 0.5) is 5.69 Å². The van der Waals surface area contributed by atoms with Crippen LogP contribution >= 0.6 is 0 Å². The summed E-state index contributed by atoms with van der Waals surface area (Å²) >= 11 is 0. The molecule has 0 aliphatic heterocycles. The second-order valence-electron chi connectivity index (χ2n) is 9.85. The highest BCUT2D eigenvalue weighted by Gasteiger charge is 2.35. The third kappa shape index (κ3) is 7.59. The van der Waals surface area contributed by atoms with Gasteiger partial charge >= 0.3 is 11.9 Å². The molecule has 0 aromatic heterocycles. The molecular weight excluding hydrogens is 522 g/mol. The normalized spacial score (nSPS) is 15.7. The van der Waals surface area contributed by atoms with Crippen LogP contribution in [-0.4, -0.2) is 70.3 Å². The topological polar surface area (TPSA) is 199 Å². The zero-order chi connectivity index (χ0) is 28.7. The van der Waals surface area contributed by atoms with E-state index < -0.39 is 30.3 Å². The van der Waals surface area contributed by atoms with Crippen molar-refractivity contribution < 1.29 is 52.4 Å². The van der Waals surface area contributed by atoms with Crippen LogP contribution in [0.3, 0.4) is 0 Å². The molecule has 0 fully saturated rings. The standard InChI is InChI=1S/C29H33NO9.H2O.2H2/c1-16(33)11-25(35)23(15-32)19(9-10-31)12-17-13-22-21(7-8-24(34)27(22)26(36)14-17)18-3-5-20(6-4-18)30-28(37)29(38)39-2;;;/h3-8,17,19,23,31-32,34H,9-15H2,1-2H3,(H,30,37);1H2;2*1H. The molecule has 11 nitrogen and oxygen atoms in total. The predicted octanol–water partition coefficient (Wildman–Crippen LogP) is 2.13. The van der Waals surface area contributed by atoms with Gasteiger partial charge in [-0.05, 0) is 72.9 Å². The molecule has 0 saturated heterocycles. The van der Waals surface area contributed by atoms with Crippen molar-refractivity contribution in [2.45, 2.75) is 39.0 Å². The Morgan fingerprint density at radius 2 is 1.75 bits per heavy atom. The number of benzene rings is 2. The number of carbonyl (C=O) groups excluding carboxylic acids is 5. The van der Waals surface area contributed by atoms with E-state index in [1.54, 1.807) is 30.3 Å². The number of anilines is 1. The Morgan fingerprint density at radius 1 is 1.07 bits per heavy atom. The van der Waals surface area contributed by atoms with E-state index in [2.05, 4.69) is 10.1 Å². The van der Waals surface area contributed by atoms with Gasteiger partial charge in [-0.1, -0.05) is 18.2 Å². The van der Waals surface area contributed by atoms with E-state index in [-0.39, 0.29) is 68.8 Å². The van der Waals surface area contributed by atoms with E-state index in [1.165, 1.54) is 13.0 Å². The molecule has 1 aliphatic rings. The molecule has 2 aromatic rings. The second-order valence-corrected chi connectivity index (χ2v) is 9.85. The highest BCUT2D eigenvalue weighted by molar-refractivity contribution is 6.37. The maximum Gasteiger partial charge on any atom is 0.396 e. The fraction of sp³-hybridized carbons (Fsp3) is 0.414. The quantitative estimate of drug-likeness (QED) is 0.180. The minimum atomic E-state index is -1.03. The number of amides is 1. The van der Waals surface area contributed by atoms with Crippen molar-refractivity contribution >= 4 is 34.9 Å². The minimum Gasteiger partial charge on any atom is -0.507 e. The number of aromatic hydroxyl groups is 1. The molecule has 40 heavy (non-hydrogen) atoms. The number of carbonyl (C=O) groups is 5. The Bertz CT molecular complexity index is 1270. The van der Waals surface area contributed by atoms with Crippen LogP contribution in [0.1, 0.15) is 51.4 Å². The highest BCUT2D eigenvalue weighted by Crippen LogP contribution is 2.41. The predicted molar refractivity (Wildman–Crippen MR) is 149 cm³/mol. The Hall–Kier alpha value is -3.93. The first kappa shape index (κ1) is 32.3. The van der Waals surface area contributed by atoms with E-state index in [4.69, 9.17) is 0 Å². The second kappa shape index (κ2) is 14.5. The number of ketones is 3. The Labute approximate surface area is 234 Å². The molecule has 0 radical (unpaired) electrons. The van der Waals surface area contributed by atoms with Crippen LogP contribution in [-0.2, 0) is 30.3 Å². The summed E-state index contributed by atoms with van der Waals surface area (Å²) in [6.45, 7) is 0.632. The number of rotatable bonds is 11. The first-order valence-electron chi connectivity index (χ1n) is 12.7. The van der Waals surface area contributed by atoms with Crippen molar-refractivity contribution in [2.24, 2.45) is 17.8 Å². The van der Waals surface area contributed by atoms with Crippen LogP contribution in [0.25, 0.3) is 11.1 Å². The van der Waals surface area contributed by atoms with Gasteiger partial charge in [0, 0.05) is 27.5 Å². The van der Waals surface area contributed by atoms with Crippen molar-refractivity contribution in [1.29, 1.82) is 0 Å². The SMILES string of the molecule is COC(=O)C(=O)Nc1ccc(-c2ccc(O)c3c2CC(CC(CCO)C(CO)C(=O)CC(C)=O)CC3=O)cc1.O.[HH].[HH]. The van der Waals surface area contributed by atoms with Crippen LogP contribution in [0.5, 0.6) is 5.75 Å². The molecule has 6 N–H and O–H groups in total. The lowest BCUT2D eigenvalue weighted by Crippen LogP contribution is -2.32. The summed E-state index contributed by atoms with van der Waals surface area (Å²) in [5, 5.41) is 32.5. The smallest absolute Gasteiger partial charge is 0.396 e. The van der Waals surface area contributed by atoms with E-state index >= 15 is 0 Å². The number of phenolic OH excluding ortho intramolecular Hbond substituents is 1. The lowest BCUT2D eigenvalue weighted by molar-refractivity contribution is -0.150. The zero-order valence-corrected chi connectivity index (χ0v) is 22.4. The van der Waals surface area contributed by atoms with Crippen molar-refractivity contribution in [3.63, 3.8) is 0 Å². The average molecular weight is 562 g/mol. The summed E-state index contributed by atoms with van der Waals surface area (Å²) in [5.74, 6) is -4.48. The number of ether oxygens (including phenoxy) is 1. The maximum absolute atomic E-state index is 13.2. The highest BCUT2D eigenvalue weighted by atomic mass is 16.5. The third-order valence-electron chi connectivity index (χ3n) is 7.10. The summed E-state index contributed by atoms with van der Waals surface area (Å²) in [6, 6.07) is 9.78. The number of hydrogen-bond donors (Lipinski definition) is 4. The Morgan fingerprint density at radius 3 is 2.33 bits per heavy atom. The number of aliphatic hydroxyl groups is 2. The molecule has 1 aliphatic carbocycles. The molecular formula is C29H39NO10. The first-order chi connectivity index (χ1) is 18.6. The van der Waals surface area contributed by atoms with Crippen LogP contribution < -0.4 is 5.32 Å². The zero-order valence-electron chi connectivity index (χ0n) is 22.4. The van der Waals surface area contributed by atoms with Gasteiger partial charge in [-0.3, -0.25) is 19.2 Å². The lowest BCUT2D eigenvalue weighted by atomic mass is 9.72. The van der Waals surface area contributed by atoms with Crippen molar-refractivity contribution in [2.75, 3.05) is 25.6 Å². The molecule has 0 heterocycles. The molecule has 3 rings (SSSR count). The Kier molecular flexibility index (Phi) is 11.7. The van der Waals surface area contributed by atoms with Gasteiger partial charge in [-0.25, -0.2) is 4.79 Å². The number of Topliss-reactive ketones (excluding diaryl/α,β-unsaturated/α-hetero) is 3. The van der Waals surface area contributed by atoms with Gasteiger partial charge in [-0.15, -0.1) is 0 Å². The fourth-order valence-electron chi connectivity index (χ4n) is 5.30. The summed E-state index contributed by atoms with van der Waals surface area (Å²) in [7, 11) is 1.10. The maximum atomic E-state index is 13.2. The van der Waals surface area contributed by atoms with Crippen LogP contribution in [0.15, 0.2) is 36.4 Å². The average Bonchev–Trinajstić information content (AvgIpc) is 2.88. The number of hydrogen-bond acceptors (Lipinski definition) is 9. The fourth-order valence-corrected chi connectivity index (χ4v) is 5.30. The van der Waals surface area contributed by atoms with Gasteiger partial charge in [0.15, 0.2) is 5.78 Å². The van der Waals surface area contributed by atoms with E-state index in [0.717, 1.165) is 7.11 Å². The first-order valence-corrected chi connectivity index (χ1v) is 12.7. The summed E-state index contributed by atoms with van der Waals surface area (Å²) in [5.41, 5.74) is 2.66. The van der Waals surface area contributed by atoms with Gasteiger partial charge in [0.25, 0.3) is 0 Å². The molecule has 220 valence electrons. The van der Waals surface area contributed by atoms with Gasteiger partial charge in [0.05, 0.1) is 25.7 Å². The lowest BCUT2D eigenvalue weighted by Gasteiger charge is -2.31. The number of phenols is 1. The third-order valence-corrected chi connectivity index (χ3v) is 7.10. The number of esters is 1. The summed E-state index contributed by atoms with van der Waals surface area (Å²) < 4.78 is 4.40. The van der Waals surface area contributed by atoms with E-state index in [9.17, 15) is 39.3 Å². The van der Waals surface area contributed by atoms with Crippen molar-refractivity contribution in [1.82, 2.24) is 0 Å². The molecule has 2 aromatic carbocycles. The van der Waals surface area contributed by atoms with Crippen molar-refractivity contribution in [3.05, 3.63) is 47.5 Å². The molecule has 0 bridgehead atoms. The molecule has 11 heteroatoms. The molecule has 3 unspecified atom stereocenters. The Balaban J connectivity index is 0.00000560. The minimum absolute atomic E-state index is 0. The van der Waals surface area contributed by atoms with Crippen LogP contribution in [0.2, 0.25) is 0 Å². The van der Waals surface area contributed by atoms with Gasteiger partial charge in [0.1, 0.15) is 17.3 Å². The largest absolute Gasteiger partial charge is 0.507 e. The summed E-state index contributed by atoms with van der Waals surface area (Å²) in [6.07, 6.45) is 0.843.